The van der Waals surface area contributed by atoms with Crippen LogP contribution in [0.1, 0.15) is 30.7 Å². The van der Waals surface area contributed by atoms with Gasteiger partial charge in [-0.05, 0) is 44.2 Å². The minimum Gasteiger partial charge on any atom is -0.494 e. The van der Waals surface area contributed by atoms with Gasteiger partial charge in [0, 0.05) is 24.2 Å². The molecule has 0 N–H and O–H groups in total. The monoisotopic (exact) mass is 363 g/mol. The van der Waals surface area contributed by atoms with Crippen molar-refractivity contribution in [3.05, 3.63) is 60.0 Å². The Bertz CT molecular complexity index is 949. The Kier molecular flexibility index (Phi) is 4.62. The average Bonchev–Trinajstić information content (AvgIpc) is 3.30. The number of anilines is 1. The predicted octanol–water partition coefficient (Wildman–Crippen LogP) is 3.96. The zero-order valence-corrected chi connectivity index (χ0v) is 15.4. The minimum absolute atomic E-state index is 0.0551. The smallest absolute Gasteiger partial charge is 0.232 e. The van der Waals surface area contributed by atoms with Gasteiger partial charge in [0.25, 0.3) is 0 Å². The van der Waals surface area contributed by atoms with Crippen LogP contribution < -0.4 is 9.64 Å². The molecule has 0 bridgehead atoms. The number of nitrogens with zero attached hydrogens (tertiary/aromatic N) is 3. The fraction of sp³-hybridized carbons (Fsp3) is 0.286. The quantitative estimate of drug-likeness (QED) is 0.686. The van der Waals surface area contributed by atoms with Gasteiger partial charge in [-0.2, -0.15) is 4.98 Å². The van der Waals surface area contributed by atoms with Crippen LogP contribution in [-0.2, 0) is 4.79 Å². The highest BCUT2D eigenvalue weighted by Crippen LogP contribution is 2.32. The van der Waals surface area contributed by atoms with Crippen molar-refractivity contribution in [2.75, 3.05) is 18.1 Å². The van der Waals surface area contributed by atoms with Gasteiger partial charge >= 0.3 is 0 Å². The molecule has 1 aromatic heterocycles. The van der Waals surface area contributed by atoms with Crippen LogP contribution in [0.15, 0.2) is 53.1 Å². The van der Waals surface area contributed by atoms with Gasteiger partial charge in [0.15, 0.2) is 0 Å². The third-order valence-electron chi connectivity index (χ3n) is 4.65. The first-order valence-corrected chi connectivity index (χ1v) is 9.08. The van der Waals surface area contributed by atoms with Gasteiger partial charge in [0.1, 0.15) is 5.75 Å². The molecule has 0 saturated carbocycles. The number of ether oxygens (including phenoxy) is 1. The summed E-state index contributed by atoms with van der Waals surface area (Å²) in [7, 11) is 0. The van der Waals surface area contributed by atoms with Crippen LogP contribution in [-0.4, -0.2) is 29.2 Å². The number of carbonyl (C=O) groups is 1. The molecule has 1 amide bonds. The molecular formula is C21H21N3O3. The maximum Gasteiger partial charge on any atom is 0.232 e. The first kappa shape index (κ1) is 17.3. The van der Waals surface area contributed by atoms with Gasteiger partial charge in [0.2, 0.25) is 17.6 Å². The Labute approximate surface area is 157 Å². The van der Waals surface area contributed by atoms with Gasteiger partial charge in [-0.3, -0.25) is 4.79 Å². The molecule has 0 radical (unpaired) electrons. The van der Waals surface area contributed by atoms with Crippen molar-refractivity contribution in [2.24, 2.45) is 0 Å². The summed E-state index contributed by atoms with van der Waals surface area (Å²) >= 11 is 0. The topological polar surface area (TPSA) is 68.5 Å². The molecule has 6 heteroatoms. The summed E-state index contributed by atoms with van der Waals surface area (Å²) in [6.45, 7) is 5.11. The standard InChI is InChI=1S/C21H21N3O3/c1-3-26-18-9-7-17(8-10-18)24-13-16(12-19(24)25)21-22-20(23-27-21)15-6-4-5-14(2)11-15/h4-11,16H,3,12-13H2,1-2H3/t16-/m0/s1. The first-order valence-electron chi connectivity index (χ1n) is 9.08. The van der Waals surface area contributed by atoms with E-state index in [1.165, 1.54) is 0 Å². The van der Waals surface area contributed by atoms with Gasteiger partial charge < -0.3 is 14.2 Å². The fourth-order valence-corrected chi connectivity index (χ4v) is 3.31. The molecule has 27 heavy (non-hydrogen) atoms. The zero-order chi connectivity index (χ0) is 18.8. The normalized spacial score (nSPS) is 16.7. The number of benzene rings is 2. The number of amides is 1. The van der Waals surface area contributed by atoms with Gasteiger partial charge in [0.05, 0.1) is 12.5 Å². The number of carbonyl (C=O) groups excluding carboxylic acids is 1. The molecule has 138 valence electrons. The predicted molar refractivity (Wildman–Crippen MR) is 102 cm³/mol. The highest BCUT2D eigenvalue weighted by molar-refractivity contribution is 5.96. The molecule has 1 aliphatic heterocycles. The Hall–Kier alpha value is -3.15. The van der Waals surface area contributed by atoms with E-state index in [0.29, 0.717) is 31.3 Å². The Morgan fingerprint density at radius 2 is 2.04 bits per heavy atom. The second-order valence-corrected chi connectivity index (χ2v) is 6.66. The highest BCUT2D eigenvalue weighted by Gasteiger charge is 2.35. The molecule has 3 aromatic rings. The third-order valence-corrected chi connectivity index (χ3v) is 4.65. The van der Waals surface area contributed by atoms with Crippen molar-refractivity contribution in [1.82, 2.24) is 10.1 Å². The lowest BCUT2D eigenvalue weighted by molar-refractivity contribution is -0.117. The molecule has 0 aliphatic carbocycles. The van der Waals surface area contributed by atoms with Gasteiger partial charge in [-0.25, -0.2) is 0 Å². The molecule has 1 fully saturated rings. The summed E-state index contributed by atoms with van der Waals surface area (Å²) in [6.07, 6.45) is 0.364. The summed E-state index contributed by atoms with van der Waals surface area (Å²) in [5, 5.41) is 4.09. The van der Waals surface area contributed by atoms with Crippen molar-refractivity contribution >= 4 is 11.6 Å². The maximum absolute atomic E-state index is 12.5. The van der Waals surface area contributed by atoms with E-state index in [1.54, 1.807) is 4.90 Å². The van der Waals surface area contributed by atoms with Crippen molar-refractivity contribution in [3.8, 4) is 17.1 Å². The Morgan fingerprint density at radius 3 is 2.78 bits per heavy atom. The minimum atomic E-state index is -0.102. The third kappa shape index (κ3) is 3.56. The summed E-state index contributed by atoms with van der Waals surface area (Å²) in [5.74, 6) is 1.81. The van der Waals surface area contributed by atoms with E-state index in [2.05, 4.69) is 10.1 Å². The van der Waals surface area contributed by atoms with Crippen LogP contribution >= 0.6 is 0 Å². The molecule has 2 heterocycles. The van der Waals surface area contributed by atoms with Gasteiger partial charge in [-0.15, -0.1) is 0 Å². The van der Waals surface area contributed by atoms with E-state index in [0.717, 1.165) is 22.6 Å². The Balaban J connectivity index is 1.51. The van der Waals surface area contributed by atoms with Crippen LogP contribution in [0, 0.1) is 6.92 Å². The number of hydrogen-bond acceptors (Lipinski definition) is 5. The Morgan fingerprint density at radius 1 is 1.22 bits per heavy atom. The van der Waals surface area contributed by atoms with Crippen LogP contribution in [0.2, 0.25) is 0 Å². The molecule has 4 rings (SSSR count). The van der Waals surface area contributed by atoms with E-state index in [4.69, 9.17) is 9.26 Å². The number of aromatic nitrogens is 2. The van der Waals surface area contributed by atoms with Crippen molar-refractivity contribution in [3.63, 3.8) is 0 Å². The van der Waals surface area contributed by atoms with E-state index in [9.17, 15) is 4.79 Å². The average molecular weight is 363 g/mol. The second-order valence-electron chi connectivity index (χ2n) is 6.66. The zero-order valence-electron chi connectivity index (χ0n) is 15.4. The summed E-state index contributed by atoms with van der Waals surface area (Å²) in [6, 6.07) is 15.5. The van der Waals surface area contributed by atoms with E-state index >= 15 is 0 Å². The number of aryl methyl sites for hydroxylation is 1. The largest absolute Gasteiger partial charge is 0.494 e. The molecule has 1 aliphatic rings. The first-order chi connectivity index (χ1) is 13.1. The van der Waals surface area contributed by atoms with Crippen molar-refractivity contribution < 1.29 is 14.1 Å². The maximum atomic E-state index is 12.5. The van der Waals surface area contributed by atoms with Crippen LogP contribution in [0.4, 0.5) is 5.69 Å². The molecule has 1 atom stereocenters. The SMILES string of the molecule is CCOc1ccc(N2C[C@@H](c3nc(-c4cccc(C)c4)no3)CC2=O)cc1. The lowest BCUT2D eigenvalue weighted by Crippen LogP contribution is -2.24. The molecule has 1 saturated heterocycles. The molecule has 0 spiro atoms. The van der Waals surface area contributed by atoms with Crippen molar-refractivity contribution in [1.29, 1.82) is 0 Å². The molecule has 0 unspecified atom stereocenters. The van der Waals surface area contributed by atoms with E-state index in [1.807, 2.05) is 62.4 Å². The van der Waals surface area contributed by atoms with E-state index < -0.39 is 0 Å². The van der Waals surface area contributed by atoms with Crippen LogP contribution in [0.3, 0.4) is 0 Å². The lowest BCUT2D eigenvalue weighted by Gasteiger charge is -2.16. The fourth-order valence-electron chi connectivity index (χ4n) is 3.31. The molecular weight excluding hydrogens is 342 g/mol. The van der Waals surface area contributed by atoms with E-state index in [-0.39, 0.29) is 11.8 Å². The summed E-state index contributed by atoms with van der Waals surface area (Å²) in [4.78, 5) is 18.8. The number of rotatable bonds is 5. The lowest BCUT2D eigenvalue weighted by atomic mass is 10.1. The molecule has 2 aromatic carbocycles. The van der Waals surface area contributed by atoms with Gasteiger partial charge in [-0.1, -0.05) is 28.9 Å². The van der Waals surface area contributed by atoms with Crippen LogP contribution in [0.5, 0.6) is 5.75 Å². The summed E-state index contributed by atoms with van der Waals surface area (Å²) in [5.41, 5.74) is 2.90. The summed E-state index contributed by atoms with van der Waals surface area (Å²) < 4.78 is 10.9. The van der Waals surface area contributed by atoms with Crippen molar-refractivity contribution in [2.45, 2.75) is 26.2 Å². The number of hydrogen-bond donors (Lipinski definition) is 0. The van der Waals surface area contributed by atoms with Crippen LogP contribution in [0.25, 0.3) is 11.4 Å². The highest BCUT2D eigenvalue weighted by atomic mass is 16.5. The molecule has 6 nitrogen and oxygen atoms in total. The second kappa shape index (κ2) is 7.23.